The third kappa shape index (κ3) is 2.94. The Balaban J connectivity index is 1.99. The number of rotatable bonds is 3. The molecule has 120 valence electrons. The number of hydrogen-bond acceptors (Lipinski definition) is 4. The molecule has 7 heteroatoms. The minimum Gasteiger partial charge on any atom is -0.463 e. The van der Waals surface area contributed by atoms with E-state index in [1.807, 2.05) is 13.0 Å². The summed E-state index contributed by atoms with van der Waals surface area (Å²) in [5, 5.41) is 8.76. The van der Waals surface area contributed by atoms with Gasteiger partial charge in [0, 0.05) is 22.3 Å². The molecule has 2 aromatic rings. The molecule has 0 saturated heterocycles. The molecule has 0 radical (unpaired) electrons. The summed E-state index contributed by atoms with van der Waals surface area (Å²) in [6.45, 7) is 4.37. The Hall–Kier alpha value is -1.98. The van der Waals surface area contributed by atoms with Crippen LogP contribution in [0.3, 0.4) is 0 Å². The van der Waals surface area contributed by atoms with Gasteiger partial charge in [0.1, 0.15) is 5.82 Å². The van der Waals surface area contributed by atoms with E-state index < -0.39 is 0 Å². The fourth-order valence-corrected chi connectivity index (χ4v) is 3.07. The molecule has 0 saturated carbocycles. The molecule has 1 aromatic heterocycles. The van der Waals surface area contributed by atoms with Gasteiger partial charge in [-0.1, -0.05) is 29.3 Å². The second-order valence-corrected chi connectivity index (χ2v) is 5.97. The van der Waals surface area contributed by atoms with E-state index in [4.69, 9.17) is 27.9 Å². The van der Waals surface area contributed by atoms with E-state index in [2.05, 4.69) is 10.4 Å². The van der Waals surface area contributed by atoms with Crippen LogP contribution in [0.1, 0.15) is 12.6 Å². The van der Waals surface area contributed by atoms with Crippen LogP contribution in [0.5, 0.6) is 0 Å². The Bertz CT molecular complexity index is 812. The quantitative estimate of drug-likeness (QED) is 0.848. The Morgan fingerprint density at radius 1 is 1.43 bits per heavy atom. The van der Waals surface area contributed by atoms with Crippen molar-refractivity contribution >= 4 is 35.0 Å². The summed E-state index contributed by atoms with van der Waals surface area (Å²) in [4.78, 5) is 11.9. The first-order valence-electron chi connectivity index (χ1n) is 7.16. The van der Waals surface area contributed by atoms with Gasteiger partial charge < -0.3 is 10.1 Å². The molecule has 2 heterocycles. The molecule has 23 heavy (non-hydrogen) atoms. The van der Waals surface area contributed by atoms with Gasteiger partial charge in [0.05, 0.1) is 29.4 Å². The number of halogens is 2. The normalized spacial score (nSPS) is 13.1. The molecule has 1 aromatic carbocycles. The summed E-state index contributed by atoms with van der Waals surface area (Å²) in [5.74, 6) is 0.449. The monoisotopic (exact) mass is 351 g/mol. The maximum Gasteiger partial charge on any atom is 0.337 e. The number of fused-ring (bicyclic) bond motifs is 1. The Kier molecular flexibility index (Phi) is 4.33. The zero-order valence-corrected chi connectivity index (χ0v) is 14.2. The van der Waals surface area contributed by atoms with Gasteiger partial charge in [-0.3, -0.25) is 0 Å². The van der Waals surface area contributed by atoms with Crippen LogP contribution in [-0.2, 0) is 16.1 Å². The van der Waals surface area contributed by atoms with Crippen LogP contribution in [0.25, 0.3) is 11.1 Å². The maximum atomic E-state index is 11.9. The van der Waals surface area contributed by atoms with Crippen molar-refractivity contribution in [2.75, 3.05) is 11.9 Å². The van der Waals surface area contributed by atoms with Gasteiger partial charge in [-0.2, -0.15) is 5.10 Å². The number of aryl methyl sites for hydroxylation is 1. The zero-order chi connectivity index (χ0) is 16.6. The van der Waals surface area contributed by atoms with E-state index in [-0.39, 0.29) is 5.97 Å². The fraction of sp³-hybridized carbons (Fsp3) is 0.250. The van der Waals surface area contributed by atoms with E-state index in [0.29, 0.717) is 28.8 Å². The van der Waals surface area contributed by atoms with Crippen molar-refractivity contribution < 1.29 is 9.53 Å². The van der Waals surface area contributed by atoms with Crippen LogP contribution >= 0.6 is 23.2 Å². The first kappa shape index (κ1) is 15.9. The summed E-state index contributed by atoms with van der Waals surface area (Å²) in [6.07, 6.45) is 1.65. The van der Waals surface area contributed by atoms with Gasteiger partial charge in [0.15, 0.2) is 0 Å². The number of benzene rings is 1. The number of anilines is 1. The number of nitrogens with zero attached hydrogens (tertiary/aromatic N) is 2. The topological polar surface area (TPSA) is 56.1 Å². The van der Waals surface area contributed by atoms with Crippen molar-refractivity contribution in [2.45, 2.75) is 20.4 Å². The number of carbonyl (C=O) groups excluding carboxylic acids is 1. The van der Waals surface area contributed by atoms with Crippen LogP contribution in [0.2, 0.25) is 10.0 Å². The van der Waals surface area contributed by atoms with Gasteiger partial charge in [0.25, 0.3) is 0 Å². The smallest absolute Gasteiger partial charge is 0.337 e. The molecule has 0 fully saturated rings. The second-order valence-electron chi connectivity index (χ2n) is 5.13. The summed E-state index contributed by atoms with van der Waals surface area (Å²) >= 11 is 12.3. The summed E-state index contributed by atoms with van der Waals surface area (Å²) in [6, 6.07) is 5.35. The van der Waals surface area contributed by atoms with E-state index in [9.17, 15) is 4.79 Å². The van der Waals surface area contributed by atoms with Crippen molar-refractivity contribution in [3.05, 3.63) is 45.7 Å². The van der Waals surface area contributed by atoms with Gasteiger partial charge in [0.2, 0.25) is 0 Å². The maximum absolute atomic E-state index is 11.9. The Morgan fingerprint density at radius 2 is 2.22 bits per heavy atom. The fourth-order valence-electron chi connectivity index (χ4n) is 2.57. The molecule has 1 N–H and O–H groups in total. The van der Waals surface area contributed by atoms with Crippen LogP contribution in [-0.4, -0.2) is 22.4 Å². The van der Waals surface area contributed by atoms with E-state index in [1.165, 1.54) is 0 Å². The van der Waals surface area contributed by atoms with Crippen molar-refractivity contribution in [1.29, 1.82) is 0 Å². The predicted molar refractivity (Wildman–Crippen MR) is 90.8 cm³/mol. The molecule has 0 unspecified atom stereocenters. The molecule has 0 atom stereocenters. The van der Waals surface area contributed by atoms with E-state index in [1.54, 1.807) is 29.9 Å². The zero-order valence-electron chi connectivity index (χ0n) is 12.7. The summed E-state index contributed by atoms with van der Waals surface area (Å²) in [7, 11) is 0. The molecule has 5 nitrogen and oxygen atoms in total. The van der Waals surface area contributed by atoms with Crippen molar-refractivity contribution in [2.24, 2.45) is 0 Å². The lowest BCUT2D eigenvalue weighted by molar-refractivity contribution is -0.138. The predicted octanol–water partition coefficient (Wildman–Crippen LogP) is 4.04. The summed E-state index contributed by atoms with van der Waals surface area (Å²) in [5.41, 5.74) is 3.08. The van der Waals surface area contributed by atoms with Crippen LogP contribution in [0.4, 0.5) is 5.82 Å². The second kappa shape index (κ2) is 6.26. The highest BCUT2D eigenvalue weighted by atomic mass is 35.5. The third-order valence-electron chi connectivity index (χ3n) is 3.57. The highest BCUT2D eigenvalue weighted by molar-refractivity contribution is 6.36. The van der Waals surface area contributed by atoms with Crippen molar-refractivity contribution in [1.82, 2.24) is 9.78 Å². The lowest BCUT2D eigenvalue weighted by Crippen LogP contribution is -2.20. The number of aromatic nitrogens is 2. The van der Waals surface area contributed by atoms with E-state index >= 15 is 0 Å². The standard InChI is InChI=1S/C16H15Cl2N3O2/c1-3-23-16(22)10-7-19-15-14(9(2)20-21(15)8-10)12-5-4-11(17)6-13(12)18/h4-7,19H,3,8H2,1-2H3. The molecule has 0 spiro atoms. The molecule has 0 amide bonds. The lowest BCUT2D eigenvalue weighted by Gasteiger charge is -2.17. The SMILES string of the molecule is CCOC(=O)C1=CNc2c(-c3ccc(Cl)cc3Cl)c(C)nn2C1. The van der Waals surface area contributed by atoms with Crippen LogP contribution in [0.15, 0.2) is 30.0 Å². The van der Waals surface area contributed by atoms with Crippen molar-refractivity contribution in [3.63, 3.8) is 0 Å². The molecular formula is C16H15Cl2N3O2. The first-order chi connectivity index (χ1) is 11.0. The minimum atomic E-state index is -0.343. The third-order valence-corrected chi connectivity index (χ3v) is 4.12. The average Bonchev–Trinajstić information content (AvgIpc) is 2.83. The number of carbonyl (C=O) groups is 1. The highest BCUT2D eigenvalue weighted by Gasteiger charge is 2.24. The van der Waals surface area contributed by atoms with Gasteiger partial charge in [-0.15, -0.1) is 0 Å². The number of hydrogen-bond donors (Lipinski definition) is 1. The van der Waals surface area contributed by atoms with Crippen LogP contribution < -0.4 is 5.32 Å². The van der Waals surface area contributed by atoms with Gasteiger partial charge >= 0.3 is 5.97 Å². The first-order valence-corrected chi connectivity index (χ1v) is 7.92. The number of ether oxygens (including phenoxy) is 1. The van der Waals surface area contributed by atoms with Crippen molar-refractivity contribution in [3.8, 4) is 11.1 Å². The van der Waals surface area contributed by atoms with Crippen LogP contribution in [0, 0.1) is 6.92 Å². The molecule has 1 aliphatic rings. The Morgan fingerprint density at radius 3 is 2.91 bits per heavy atom. The summed E-state index contributed by atoms with van der Waals surface area (Å²) < 4.78 is 6.76. The number of esters is 1. The Labute approximate surface area is 143 Å². The molecule has 1 aliphatic heterocycles. The average molecular weight is 352 g/mol. The molecule has 0 aliphatic carbocycles. The largest absolute Gasteiger partial charge is 0.463 e. The molecular weight excluding hydrogens is 337 g/mol. The lowest BCUT2D eigenvalue weighted by atomic mass is 10.1. The molecule has 0 bridgehead atoms. The molecule has 3 rings (SSSR count). The highest BCUT2D eigenvalue weighted by Crippen LogP contribution is 2.38. The minimum absolute atomic E-state index is 0.340. The van der Waals surface area contributed by atoms with Gasteiger partial charge in [-0.25, -0.2) is 9.48 Å². The van der Waals surface area contributed by atoms with E-state index in [0.717, 1.165) is 22.6 Å². The number of nitrogens with one attached hydrogen (secondary N) is 1. The van der Waals surface area contributed by atoms with Gasteiger partial charge in [-0.05, 0) is 26.0 Å².